The van der Waals surface area contributed by atoms with E-state index >= 15 is 0 Å². The fraction of sp³-hybridized carbons (Fsp3) is 0.286. The van der Waals surface area contributed by atoms with E-state index in [1.54, 1.807) is 4.68 Å². The first-order chi connectivity index (χ1) is 8.66. The van der Waals surface area contributed by atoms with Crippen LogP contribution in [0.4, 0.5) is 0 Å². The Labute approximate surface area is 105 Å². The van der Waals surface area contributed by atoms with Crippen molar-refractivity contribution in [3.63, 3.8) is 0 Å². The Morgan fingerprint density at radius 1 is 1.44 bits per heavy atom. The highest BCUT2D eigenvalue weighted by Gasteiger charge is 2.45. The molecule has 1 aliphatic rings. The predicted molar refractivity (Wildman–Crippen MR) is 67.1 cm³/mol. The molecule has 0 amide bonds. The molecule has 1 fully saturated rings. The molecule has 3 rings (SSSR count). The summed E-state index contributed by atoms with van der Waals surface area (Å²) >= 11 is 0. The van der Waals surface area contributed by atoms with E-state index in [9.17, 15) is 4.79 Å². The molecule has 0 spiro atoms. The Hall–Kier alpha value is -2.10. The van der Waals surface area contributed by atoms with Crippen LogP contribution in [-0.2, 0) is 11.8 Å². The van der Waals surface area contributed by atoms with Gasteiger partial charge in [-0.2, -0.15) is 5.10 Å². The lowest BCUT2D eigenvalue weighted by atomic mass is 9.98. The lowest BCUT2D eigenvalue weighted by molar-refractivity contribution is -0.138. The van der Waals surface area contributed by atoms with Gasteiger partial charge in [0.15, 0.2) is 0 Å². The molecule has 1 saturated carbocycles. The maximum atomic E-state index is 11.0. The van der Waals surface area contributed by atoms with Crippen molar-refractivity contribution in [1.82, 2.24) is 9.78 Å². The van der Waals surface area contributed by atoms with Gasteiger partial charge in [0.25, 0.3) is 0 Å². The van der Waals surface area contributed by atoms with Crippen molar-refractivity contribution in [3.05, 3.63) is 42.2 Å². The molecular formula is C14H14N2O2. The van der Waals surface area contributed by atoms with Crippen LogP contribution < -0.4 is 0 Å². The molecule has 1 aromatic heterocycles. The quantitative estimate of drug-likeness (QED) is 0.898. The molecule has 2 atom stereocenters. The summed E-state index contributed by atoms with van der Waals surface area (Å²) in [6, 6.07) is 8.00. The topological polar surface area (TPSA) is 55.1 Å². The Morgan fingerprint density at radius 2 is 2.22 bits per heavy atom. The summed E-state index contributed by atoms with van der Waals surface area (Å²) in [5.41, 5.74) is 3.27. The van der Waals surface area contributed by atoms with Crippen LogP contribution in [-0.4, -0.2) is 20.9 Å². The zero-order valence-corrected chi connectivity index (χ0v) is 10.1. The number of carbonyl (C=O) groups is 1. The normalized spacial score (nSPS) is 21.8. The zero-order chi connectivity index (χ0) is 12.7. The van der Waals surface area contributed by atoms with Crippen LogP contribution in [0.5, 0.6) is 0 Å². The molecule has 1 N–H and O–H groups in total. The number of carboxylic acids is 1. The summed E-state index contributed by atoms with van der Waals surface area (Å²) in [5.74, 6) is -0.761. The summed E-state index contributed by atoms with van der Waals surface area (Å²) in [7, 11) is 1.88. The van der Waals surface area contributed by atoms with Crippen LogP contribution in [0.3, 0.4) is 0 Å². The molecule has 0 unspecified atom stereocenters. The molecule has 1 aromatic carbocycles. The number of aromatic nitrogens is 2. The molecule has 92 valence electrons. The first-order valence-corrected chi connectivity index (χ1v) is 5.97. The van der Waals surface area contributed by atoms with Gasteiger partial charge in [-0.25, -0.2) is 0 Å². The fourth-order valence-electron chi connectivity index (χ4n) is 2.46. The Morgan fingerprint density at radius 3 is 2.83 bits per heavy atom. The summed E-state index contributed by atoms with van der Waals surface area (Å²) in [6.07, 6.45) is 4.51. The molecule has 0 bridgehead atoms. The summed E-state index contributed by atoms with van der Waals surface area (Å²) in [6.45, 7) is 0. The van der Waals surface area contributed by atoms with E-state index in [0.29, 0.717) is 0 Å². The maximum absolute atomic E-state index is 11.0. The van der Waals surface area contributed by atoms with Crippen LogP contribution >= 0.6 is 0 Å². The standard InChI is InChI=1S/C14H14N2O2/c1-16-8-9(7-15-16)10-4-2-3-5-11(10)12-6-13(12)14(17)18/h2-5,7-8,12-13H,6H2,1H3,(H,17,18)/t12-,13+/m0/s1. The van der Waals surface area contributed by atoms with Crippen molar-refractivity contribution in [2.45, 2.75) is 12.3 Å². The third-order valence-corrected chi connectivity index (χ3v) is 3.48. The fourth-order valence-corrected chi connectivity index (χ4v) is 2.46. The van der Waals surface area contributed by atoms with Gasteiger partial charge in [0, 0.05) is 18.8 Å². The van der Waals surface area contributed by atoms with Gasteiger partial charge in [-0.15, -0.1) is 0 Å². The lowest BCUT2D eigenvalue weighted by Crippen LogP contribution is -1.99. The third-order valence-electron chi connectivity index (χ3n) is 3.48. The molecule has 0 saturated heterocycles. The van der Waals surface area contributed by atoms with Gasteiger partial charge in [0.05, 0.1) is 12.1 Å². The number of hydrogen-bond donors (Lipinski definition) is 1. The minimum atomic E-state index is -0.694. The highest BCUT2D eigenvalue weighted by molar-refractivity contribution is 5.77. The van der Waals surface area contributed by atoms with E-state index < -0.39 is 5.97 Å². The molecule has 1 aliphatic carbocycles. The van der Waals surface area contributed by atoms with Gasteiger partial charge < -0.3 is 5.11 Å². The number of aliphatic carboxylic acids is 1. The van der Waals surface area contributed by atoms with Crippen molar-refractivity contribution in [2.24, 2.45) is 13.0 Å². The van der Waals surface area contributed by atoms with Crippen molar-refractivity contribution >= 4 is 5.97 Å². The largest absolute Gasteiger partial charge is 0.481 e. The van der Waals surface area contributed by atoms with Crippen LogP contribution in [0.1, 0.15) is 17.9 Å². The highest BCUT2D eigenvalue weighted by atomic mass is 16.4. The van der Waals surface area contributed by atoms with Crippen molar-refractivity contribution in [2.75, 3.05) is 0 Å². The highest BCUT2D eigenvalue weighted by Crippen LogP contribution is 2.50. The number of aryl methyl sites for hydroxylation is 1. The van der Waals surface area contributed by atoms with E-state index in [4.69, 9.17) is 5.11 Å². The third kappa shape index (κ3) is 1.79. The van der Waals surface area contributed by atoms with Crippen LogP contribution in [0, 0.1) is 5.92 Å². The number of benzene rings is 1. The van der Waals surface area contributed by atoms with Crippen molar-refractivity contribution in [1.29, 1.82) is 0 Å². The first kappa shape index (κ1) is 11.0. The van der Waals surface area contributed by atoms with E-state index in [1.807, 2.05) is 43.7 Å². The van der Waals surface area contributed by atoms with Gasteiger partial charge in [-0.05, 0) is 23.5 Å². The van der Waals surface area contributed by atoms with Crippen molar-refractivity contribution in [3.8, 4) is 11.1 Å². The van der Waals surface area contributed by atoms with E-state index in [1.165, 1.54) is 0 Å². The second kappa shape index (κ2) is 3.98. The Balaban J connectivity index is 1.99. The van der Waals surface area contributed by atoms with Gasteiger partial charge in [0.1, 0.15) is 0 Å². The molecular weight excluding hydrogens is 228 g/mol. The Bertz CT molecular complexity index is 603. The van der Waals surface area contributed by atoms with Gasteiger partial charge in [-0.3, -0.25) is 9.48 Å². The molecule has 0 radical (unpaired) electrons. The minimum absolute atomic E-state index is 0.152. The summed E-state index contributed by atoms with van der Waals surface area (Å²) in [4.78, 5) is 11.0. The zero-order valence-electron chi connectivity index (χ0n) is 10.1. The van der Waals surface area contributed by atoms with Crippen molar-refractivity contribution < 1.29 is 9.90 Å². The average Bonchev–Trinajstić information content (AvgIpc) is 3.05. The smallest absolute Gasteiger partial charge is 0.307 e. The average molecular weight is 242 g/mol. The van der Waals surface area contributed by atoms with Crippen LogP contribution in [0.25, 0.3) is 11.1 Å². The van der Waals surface area contributed by atoms with Gasteiger partial charge >= 0.3 is 5.97 Å². The maximum Gasteiger partial charge on any atom is 0.307 e. The molecule has 0 aliphatic heterocycles. The Kier molecular flexibility index (Phi) is 2.44. The first-order valence-electron chi connectivity index (χ1n) is 5.97. The van der Waals surface area contributed by atoms with Crippen LogP contribution in [0.15, 0.2) is 36.7 Å². The molecule has 2 aromatic rings. The van der Waals surface area contributed by atoms with Gasteiger partial charge in [-0.1, -0.05) is 24.3 Å². The molecule has 4 heteroatoms. The number of rotatable bonds is 3. The molecule has 4 nitrogen and oxygen atoms in total. The summed E-state index contributed by atoms with van der Waals surface area (Å²) in [5, 5.41) is 13.2. The van der Waals surface area contributed by atoms with E-state index in [-0.39, 0.29) is 11.8 Å². The van der Waals surface area contributed by atoms with Crippen LogP contribution in [0.2, 0.25) is 0 Å². The lowest BCUT2D eigenvalue weighted by Gasteiger charge is -2.06. The molecule has 1 heterocycles. The van der Waals surface area contributed by atoms with E-state index in [0.717, 1.165) is 23.1 Å². The second-order valence-electron chi connectivity index (χ2n) is 4.78. The predicted octanol–water partition coefficient (Wildman–Crippen LogP) is 2.28. The SMILES string of the molecule is Cn1cc(-c2ccccc2[C@@H]2C[C@H]2C(=O)O)cn1. The van der Waals surface area contributed by atoms with E-state index in [2.05, 4.69) is 5.10 Å². The second-order valence-corrected chi connectivity index (χ2v) is 4.78. The number of nitrogens with zero attached hydrogens (tertiary/aromatic N) is 2. The number of carboxylic acid groups (broad SMARTS) is 1. The molecule has 18 heavy (non-hydrogen) atoms. The monoisotopic (exact) mass is 242 g/mol. The number of hydrogen-bond acceptors (Lipinski definition) is 2. The minimum Gasteiger partial charge on any atom is -0.481 e. The summed E-state index contributed by atoms with van der Waals surface area (Å²) < 4.78 is 1.76. The van der Waals surface area contributed by atoms with Gasteiger partial charge in [0.2, 0.25) is 0 Å².